The average Bonchev–Trinajstić information content (AvgIpc) is 2.40. The third-order valence-corrected chi connectivity index (χ3v) is 4.01. The lowest BCUT2D eigenvalue weighted by molar-refractivity contribution is -0.149. The Morgan fingerprint density at radius 1 is 1.43 bits per heavy atom. The van der Waals surface area contributed by atoms with Crippen molar-refractivity contribution >= 4 is 21.9 Å². The summed E-state index contributed by atoms with van der Waals surface area (Å²) in [5.41, 5.74) is 0.940. The fourth-order valence-corrected chi connectivity index (χ4v) is 2.57. The maximum absolute atomic E-state index is 12.1. The van der Waals surface area contributed by atoms with Crippen LogP contribution in [0.1, 0.15) is 32.8 Å². The minimum atomic E-state index is -0.279. The molecule has 1 unspecified atom stereocenters. The van der Waals surface area contributed by atoms with Crippen molar-refractivity contribution in [2.45, 2.75) is 39.8 Å². The lowest BCUT2D eigenvalue weighted by atomic mass is 10.0. The molecule has 1 rings (SSSR count). The van der Waals surface area contributed by atoms with Crippen molar-refractivity contribution in [2.24, 2.45) is 5.92 Å². The first-order valence-corrected chi connectivity index (χ1v) is 7.98. The van der Waals surface area contributed by atoms with E-state index < -0.39 is 0 Å². The van der Waals surface area contributed by atoms with Crippen LogP contribution in [-0.2, 0) is 16.1 Å². The number of rotatable bonds is 7. The van der Waals surface area contributed by atoms with Gasteiger partial charge in [0.15, 0.2) is 0 Å². The summed E-state index contributed by atoms with van der Waals surface area (Å²) >= 11 is 3.47. The number of phenolic OH excluding ortho intramolecular Hbond substituents is 1. The third kappa shape index (κ3) is 5.67. The molecule has 0 fully saturated rings. The molecule has 0 aliphatic heterocycles. The standard InChI is InChI=1S/C16H24BrNO3/c1-5-21-16(20)15(8-11(2)3)18(4)10-12-9-13(19)6-7-14(12)17/h6-7,9,11,15,19H,5,8,10H2,1-4H3. The maximum Gasteiger partial charge on any atom is 0.323 e. The van der Waals surface area contributed by atoms with Gasteiger partial charge >= 0.3 is 5.97 Å². The molecule has 1 atom stereocenters. The second-order valence-corrected chi connectivity index (χ2v) is 6.44. The van der Waals surface area contributed by atoms with Gasteiger partial charge in [0.25, 0.3) is 0 Å². The Kier molecular flexibility index (Phi) is 7.18. The molecule has 5 heteroatoms. The van der Waals surface area contributed by atoms with Crippen molar-refractivity contribution in [3.05, 3.63) is 28.2 Å². The van der Waals surface area contributed by atoms with E-state index in [2.05, 4.69) is 29.8 Å². The van der Waals surface area contributed by atoms with Crippen molar-refractivity contribution in [1.29, 1.82) is 0 Å². The highest BCUT2D eigenvalue weighted by molar-refractivity contribution is 9.10. The first-order valence-electron chi connectivity index (χ1n) is 7.19. The summed E-state index contributed by atoms with van der Waals surface area (Å²) in [7, 11) is 1.90. The van der Waals surface area contributed by atoms with Gasteiger partial charge in [-0.25, -0.2) is 0 Å². The summed E-state index contributed by atoms with van der Waals surface area (Å²) < 4.78 is 6.09. The van der Waals surface area contributed by atoms with Crippen LogP contribution in [0.5, 0.6) is 5.75 Å². The number of halogens is 1. The average molecular weight is 358 g/mol. The second kappa shape index (κ2) is 8.39. The van der Waals surface area contributed by atoms with Crippen LogP contribution in [-0.4, -0.2) is 35.7 Å². The molecule has 0 aliphatic carbocycles. The van der Waals surface area contributed by atoms with Crippen molar-refractivity contribution in [3.8, 4) is 5.75 Å². The van der Waals surface area contributed by atoms with Gasteiger partial charge in [-0.15, -0.1) is 0 Å². The summed E-state index contributed by atoms with van der Waals surface area (Å²) in [6.45, 7) is 6.94. The Bertz CT molecular complexity index is 477. The lowest BCUT2D eigenvalue weighted by Gasteiger charge is -2.28. The number of phenols is 1. The number of esters is 1. The van der Waals surface area contributed by atoms with E-state index in [0.29, 0.717) is 19.1 Å². The van der Waals surface area contributed by atoms with Gasteiger partial charge in [0.05, 0.1) is 6.61 Å². The van der Waals surface area contributed by atoms with Crippen LogP contribution in [0.3, 0.4) is 0 Å². The fourth-order valence-electron chi connectivity index (χ4n) is 2.20. The molecule has 0 heterocycles. The normalized spacial score (nSPS) is 12.7. The number of ether oxygens (including phenoxy) is 1. The molecule has 0 saturated carbocycles. The van der Waals surface area contributed by atoms with Gasteiger partial charge in [-0.3, -0.25) is 9.69 Å². The van der Waals surface area contributed by atoms with Crippen molar-refractivity contribution in [3.63, 3.8) is 0 Å². The molecule has 0 amide bonds. The number of hydrogen-bond acceptors (Lipinski definition) is 4. The summed E-state index contributed by atoms with van der Waals surface area (Å²) in [5, 5.41) is 9.60. The molecule has 4 nitrogen and oxygen atoms in total. The van der Waals surface area contributed by atoms with Gasteiger partial charge in [-0.1, -0.05) is 29.8 Å². The van der Waals surface area contributed by atoms with Crippen molar-refractivity contribution in [1.82, 2.24) is 4.90 Å². The van der Waals surface area contributed by atoms with Crippen LogP contribution < -0.4 is 0 Å². The minimum Gasteiger partial charge on any atom is -0.508 e. The Morgan fingerprint density at radius 3 is 2.67 bits per heavy atom. The zero-order chi connectivity index (χ0) is 16.0. The van der Waals surface area contributed by atoms with Gasteiger partial charge < -0.3 is 9.84 Å². The first kappa shape index (κ1) is 18.0. The van der Waals surface area contributed by atoms with Gasteiger partial charge in [-0.2, -0.15) is 0 Å². The highest BCUT2D eigenvalue weighted by atomic mass is 79.9. The molecule has 0 saturated heterocycles. The fraction of sp³-hybridized carbons (Fsp3) is 0.562. The van der Waals surface area contributed by atoms with E-state index in [4.69, 9.17) is 4.74 Å². The second-order valence-electron chi connectivity index (χ2n) is 5.59. The molecule has 0 radical (unpaired) electrons. The van der Waals surface area contributed by atoms with Gasteiger partial charge in [0.1, 0.15) is 11.8 Å². The molecule has 0 aliphatic rings. The molecule has 1 aromatic carbocycles. The van der Waals surface area contributed by atoms with Crippen LogP contribution >= 0.6 is 15.9 Å². The molecule has 1 aromatic rings. The highest BCUT2D eigenvalue weighted by Gasteiger charge is 2.26. The molecular weight excluding hydrogens is 334 g/mol. The molecule has 0 bridgehead atoms. The number of hydrogen-bond donors (Lipinski definition) is 1. The predicted octanol–water partition coefficient (Wildman–Crippen LogP) is 3.56. The summed E-state index contributed by atoms with van der Waals surface area (Å²) in [5.74, 6) is 0.428. The van der Waals surface area contributed by atoms with Crippen LogP contribution in [0.2, 0.25) is 0 Å². The molecular formula is C16H24BrNO3. The number of nitrogens with zero attached hydrogens (tertiary/aromatic N) is 1. The molecule has 0 aromatic heterocycles. The Labute approximate surface area is 135 Å². The maximum atomic E-state index is 12.1. The quantitative estimate of drug-likeness (QED) is 0.758. The highest BCUT2D eigenvalue weighted by Crippen LogP contribution is 2.24. The number of carbonyl (C=O) groups is 1. The van der Waals surface area contributed by atoms with Gasteiger partial charge in [-0.05, 0) is 50.1 Å². The number of benzene rings is 1. The topological polar surface area (TPSA) is 49.8 Å². The molecule has 0 spiro atoms. The van der Waals surface area contributed by atoms with E-state index in [-0.39, 0.29) is 17.8 Å². The zero-order valence-electron chi connectivity index (χ0n) is 13.1. The van der Waals surface area contributed by atoms with Crippen LogP contribution in [0.15, 0.2) is 22.7 Å². The van der Waals surface area contributed by atoms with E-state index in [0.717, 1.165) is 16.5 Å². The Morgan fingerprint density at radius 2 is 2.10 bits per heavy atom. The predicted molar refractivity (Wildman–Crippen MR) is 87.1 cm³/mol. The lowest BCUT2D eigenvalue weighted by Crippen LogP contribution is -2.40. The number of carbonyl (C=O) groups excluding carboxylic acids is 1. The number of aromatic hydroxyl groups is 1. The van der Waals surface area contributed by atoms with E-state index in [1.807, 2.05) is 18.9 Å². The Balaban J connectivity index is 2.86. The first-order chi connectivity index (χ1) is 9.85. The van der Waals surface area contributed by atoms with Gasteiger partial charge in [0, 0.05) is 11.0 Å². The van der Waals surface area contributed by atoms with Crippen molar-refractivity contribution < 1.29 is 14.6 Å². The monoisotopic (exact) mass is 357 g/mol. The minimum absolute atomic E-state index is 0.190. The summed E-state index contributed by atoms with van der Waals surface area (Å²) in [6, 6.07) is 4.86. The zero-order valence-corrected chi connectivity index (χ0v) is 14.7. The van der Waals surface area contributed by atoms with E-state index >= 15 is 0 Å². The van der Waals surface area contributed by atoms with Crippen molar-refractivity contribution in [2.75, 3.05) is 13.7 Å². The Hall–Kier alpha value is -1.07. The van der Waals surface area contributed by atoms with Crippen LogP contribution in [0.4, 0.5) is 0 Å². The van der Waals surface area contributed by atoms with E-state index in [9.17, 15) is 9.90 Å². The third-order valence-electron chi connectivity index (χ3n) is 3.23. The molecule has 118 valence electrons. The summed E-state index contributed by atoms with van der Waals surface area (Å²) in [4.78, 5) is 14.1. The van der Waals surface area contributed by atoms with Crippen LogP contribution in [0, 0.1) is 5.92 Å². The van der Waals surface area contributed by atoms with Crippen LogP contribution in [0.25, 0.3) is 0 Å². The van der Waals surface area contributed by atoms with E-state index in [1.54, 1.807) is 18.2 Å². The van der Waals surface area contributed by atoms with Gasteiger partial charge in [0.2, 0.25) is 0 Å². The van der Waals surface area contributed by atoms with E-state index in [1.165, 1.54) is 0 Å². The smallest absolute Gasteiger partial charge is 0.323 e. The number of likely N-dealkylation sites (N-methyl/N-ethyl adjacent to an activating group) is 1. The molecule has 21 heavy (non-hydrogen) atoms. The largest absolute Gasteiger partial charge is 0.508 e. The SMILES string of the molecule is CCOC(=O)C(CC(C)C)N(C)Cc1cc(O)ccc1Br. The molecule has 1 N–H and O–H groups in total. The summed E-state index contributed by atoms with van der Waals surface area (Å²) in [6.07, 6.45) is 0.742.